The van der Waals surface area contributed by atoms with Crippen molar-refractivity contribution in [2.45, 2.75) is 32.9 Å². The molecule has 2 N–H and O–H groups in total. The van der Waals surface area contributed by atoms with E-state index in [1.165, 1.54) is 11.1 Å². The number of hydrogen-bond donors (Lipinski definition) is 1. The van der Waals surface area contributed by atoms with E-state index in [2.05, 4.69) is 49.9 Å². The van der Waals surface area contributed by atoms with Crippen molar-refractivity contribution < 1.29 is 4.74 Å². The van der Waals surface area contributed by atoms with Crippen LogP contribution in [0.25, 0.3) is 0 Å². The number of likely N-dealkylation sites (N-methyl/N-ethyl adjacent to an activating group) is 1. The van der Waals surface area contributed by atoms with Gasteiger partial charge in [0.25, 0.3) is 0 Å². The smallest absolute Gasteiger partial charge is 0.0615 e. The van der Waals surface area contributed by atoms with Gasteiger partial charge in [-0.2, -0.15) is 0 Å². The number of benzene rings is 1. The number of rotatable bonds is 7. The first-order valence-corrected chi connectivity index (χ1v) is 6.64. The largest absolute Gasteiger partial charge is 0.383 e. The minimum Gasteiger partial charge on any atom is -0.383 e. The fourth-order valence-electron chi connectivity index (χ4n) is 2.32. The molecule has 1 rings (SSSR count). The first kappa shape index (κ1) is 15.2. The van der Waals surface area contributed by atoms with E-state index in [1.54, 1.807) is 7.11 Å². The third kappa shape index (κ3) is 4.09. The molecule has 2 atom stereocenters. The molecule has 0 aliphatic heterocycles. The highest BCUT2D eigenvalue weighted by molar-refractivity contribution is 5.28. The third-order valence-electron chi connectivity index (χ3n) is 3.46. The quantitative estimate of drug-likeness (QED) is 0.807. The van der Waals surface area contributed by atoms with Crippen LogP contribution in [0, 0.1) is 6.92 Å². The van der Waals surface area contributed by atoms with E-state index in [0.717, 1.165) is 19.7 Å². The van der Waals surface area contributed by atoms with Gasteiger partial charge in [0.2, 0.25) is 0 Å². The monoisotopic (exact) mass is 250 g/mol. The lowest BCUT2D eigenvalue weighted by molar-refractivity contribution is 0.0986. The molecule has 0 heterocycles. The number of hydrogen-bond acceptors (Lipinski definition) is 3. The molecule has 0 aliphatic rings. The minimum atomic E-state index is 0.0606. The summed E-state index contributed by atoms with van der Waals surface area (Å²) in [6, 6.07) is 8.80. The van der Waals surface area contributed by atoms with Crippen molar-refractivity contribution in [3.05, 3.63) is 35.4 Å². The number of nitrogens with two attached hydrogens (primary N) is 1. The number of methoxy groups -OCH3 is 1. The highest BCUT2D eigenvalue weighted by Crippen LogP contribution is 2.17. The Morgan fingerprint density at radius 1 is 1.33 bits per heavy atom. The van der Waals surface area contributed by atoms with Gasteiger partial charge in [0.05, 0.1) is 6.61 Å². The lowest BCUT2D eigenvalue weighted by Crippen LogP contribution is -2.40. The van der Waals surface area contributed by atoms with Crippen LogP contribution in [0.15, 0.2) is 24.3 Å². The fourth-order valence-corrected chi connectivity index (χ4v) is 2.32. The molecule has 0 fully saturated rings. The average Bonchev–Trinajstić information content (AvgIpc) is 2.36. The molecule has 3 heteroatoms. The van der Waals surface area contributed by atoms with Crippen LogP contribution >= 0.6 is 0 Å². The molecule has 18 heavy (non-hydrogen) atoms. The molecular formula is C15H26N2O. The van der Waals surface area contributed by atoms with Crippen LogP contribution in [0.2, 0.25) is 0 Å². The van der Waals surface area contributed by atoms with E-state index < -0.39 is 0 Å². The molecule has 1 aromatic rings. The third-order valence-corrected chi connectivity index (χ3v) is 3.46. The van der Waals surface area contributed by atoms with Gasteiger partial charge < -0.3 is 10.5 Å². The molecule has 3 nitrogen and oxygen atoms in total. The summed E-state index contributed by atoms with van der Waals surface area (Å²) in [5, 5.41) is 0. The summed E-state index contributed by atoms with van der Waals surface area (Å²) in [6.07, 6.45) is 0. The summed E-state index contributed by atoms with van der Waals surface area (Å²) in [5.74, 6) is 0. The second-order valence-electron chi connectivity index (χ2n) is 4.86. The molecule has 102 valence electrons. The van der Waals surface area contributed by atoms with Crippen LogP contribution in [0.4, 0.5) is 0 Å². The predicted octanol–water partition coefficient (Wildman–Crippen LogP) is 2.35. The molecule has 0 bridgehead atoms. The van der Waals surface area contributed by atoms with Crippen LogP contribution in [0.3, 0.4) is 0 Å². The van der Waals surface area contributed by atoms with Crippen molar-refractivity contribution in [2.75, 3.05) is 26.8 Å². The zero-order chi connectivity index (χ0) is 13.5. The Kier molecular flexibility index (Phi) is 6.33. The summed E-state index contributed by atoms with van der Waals surface area (Å²) in [4.78, 5) is 2.36. The van der Waals surface area contributed by atoms with Crippen molar-refractivity contribution in [3.8, 4) is 0 Å². The molecular weight excluding hydrogens is 224 g/mol. The maximum atomic E-state index is 6.32. The highest BCUT2D eigenvalue weighted by atomic mass is 16.5. The van der Waals surface area contributed by atoms with Gasteiger partial charge in [0, 0.05) is 25.7 Å². The summed E-state index contributed by atoms with van der Waals surface area (Å²) in [5.41, 5.74) is 8.82. The number of ether oxygens (including phenoxy) is 1. The predicted molar refractivity (Wildman–Crippen MR) is 76.7 cm³/mol. The number of nitrogens with zero attached hydrogens (tertiary/aromatic N) is 1. The van der Waals surface area contributed by atoms with Crippen LogP contribution in [0.1, 0.15) is 31.0 Å². The van der Waals surface area contributed by atoms with Crippen molar-refractivity contribution in [3.63, 3.8) is 0 Å². The summed E-state index contributed by atoms with van der Waals surface area (Å²) < 4.78 is 5.21. The zero-order valence-corrected chi connectivity index (χ0v) is 12.0. The van der Waals surface area contributed by atoms with Crippen LogP contribution in [-0.2, 0) is 4.74 Å². The summed E-state index contributed by atoms with van der Waals surface area (Å²) in [6.45, 7) is 9.06. The standard InChI is InChI=1S/C15H26N2O/c1-5-17(13(3)11-18-4)10-15(16)14-9-7-6-8-12(14)2/h6-9,13,15H,5,10-11,16H2,1-4H3. The second-order valence-corrected chi connectivity index (χ2v) is 4.86. The van der Waals surface area contributed by atoms with Crippen LogP contribution < -0.4 is 5.73 Å². The van der Waals surface area contributed by atoms with Gasteiger partial charge in [-0.25, -0.2) is 0 Å². The maximum absolute atomic E-state index is 6.32. The molecule has 0 saturated heterocycles. The number of aryl methyl sites for hydroxylation is 1. The topological polar surface area (TPSA) is 38.5 Å². The van der Waals surface area contributed by atoms with Gasteiger partial charge in [0.15, 0.2) is 0 Å². The van der Waals surface area contributed by atoms with Gasteiger partial charge in [0.1, 0.15) is 0 Å². The second kappa shape index (κ2) is 7.52. The van der Waals surface area contributed by atoms with Gasteiger partial charge in [-0.3, -0.25) is 4.90 Å². The Bertz CT molecular complexity index is 354. The Balaban J connectivity index is 2.67. The highest BCUT2D eigenvalue weighted by Gasteiger charge is 2.17. The van der Waals surface area contributed by atoms with Gasteiger partial charge in [-0.15, -0.1) is 0 Å². The first-order valence-electron chi connectivity index (χ1n) is 6.64. The Morgan fingerprint density at radius 2 is 2.00 bits per heavy atom. The molecule has 0 aliphatic carbocycles. The lowest BCUT2D eigenvalue weighted by Gasteiger charge is -2.30. The van der Waals surface area contributed by atoms with Crippen molar-refractivity contribution >= 4 is 0 Å². The molecule has 0 spiro atoms. The van der Waals surface area contributed by atoms with E-state index in [4.69, 9.17) is 10.5 Å². The fraction of sp³-hybridized carbons (Fsp3) is 0.600. The normalized spacial score (nSPS) is 14.8. The van der Waals surface area contributed by atoms with Crippen molar-refractivity contribution in [1.29, 1.82) is 0 Å². The summed E-state index contributed by atoms with van der Waals surface area (Å²) >= 11 is 0. The Hall–Kier alpha value is -0.900. The first-order chi connectivity index (χ1) is 8.60. The summed E-state index contributed by atoms with van der Waals surface area (Å²) in [7, 11) is 1.74. The molecule has 0 saturated carbocycles. The van der Waals surface area contributed by atoms with Gasteiger partial charge >= 0.3 is 0 Å². The van der Waals surface area contributed by atoms with Crippen LogP contribution in [-0.4, -0.2) is 37.7 Å². The maximum Gasteiger partial charge on any atom is 0.0615 e. The van der Waals surface area contributed by atoms with E-state index >= 15 is 0 Å². The van der Waals surface area contributed by atoms with E-state index in [9.17, 15) is 0 Å². The molecule has 0 amide bonds. The molecule has 0 radical (unpaired) electrons. The molecule has 0 aromatic heterocycles. The van der Waals surface area contributed by atoms with Crippen LogP contribution in [0.5, 0.6) is 0 Å². The lowest BCUT2D eigenvalue weighted by atomic mass is 10.0. The molecule has 1 aromatic carbocycles. The van der Waals surface area contributed by atoms with Crippen molar-refractivity contribution in [1.82, 2.24) is 4.90 Å². The minimum absolute atomic E-state index is 0.0606. The van der Waals surface area contributed by atoms with Gasteiger partial charge in [-0.05, 0) is 31.5 Å². The van der Waals surface area contributed by atoms with E-state index in [1.807, 2.05) is 0 Å². The van der Waals surface area contributed by atoms with Gasteiger partial charge in [-0.1, -0.05) is 31.2 Å². The SMILES string of the molecule is CCN(CC(N)c1ccccc1C)C(C)COC. The average molecular weight is 250 g/mol. The molecule has 2 unspecified atom stereocenters. The Labute approximate surface area is 111 Å². The van der Waals surface area contributed by atoms with Crippen molar-refractivity contribution in [2.24, 2.45) is 5.73 Å². The van der Waals surface area contributed by atoms with E-state index in [0.29, 0.717) is 6.04 Å². The zero-order valence-electron chi connectivity index (χ0n) is 12.0. The Morgan fingerprint density at radius 3 is 2.56 bits per heavy atom. The van der Waals surface area contributed by atoms with E-state index in [-0.39, 0.29) is 6.04 Å².